The van der Waals surface area contributed by atoms with Gasteiger partial charge in [-0.3, -0.25) is 0 Å². The summed E-state index contributed by atoms with van der Waals surface area (Å²) < 4.78 is 8.06. The molecule has 1 nitrogen and oxygen atoms in total. The first-order valence-corrected chi connectivity index (χ1v) is 0.636. The number of hydrogen-bond acceptors (Lipinski definition) is 1. The monoisotopic (exact) mass is 392 g/mol. The Labute approximate surface area is 131 Å². The van der Waals surface area contributed by atoms with Crippen LogP contribution in [0.4, 0.5) is 0 Å². The fourth-order valence-electron chi connectivity index (χ4n) is 0. The molecule has 0 aliphatic rings. The topological polar surface area (TPSA) is 17.1 Å². The van der Waals surface area contributed by atoms with Crippen LogP contribution in [0.2, 0.25) is 0 Å². The molecule has 0 saturated heterocycles. The minimum atomic E-state index is 0. The predicted octanol–water partition coefficient (Wildman–Crippen LogP) is -1.04. The summed E-state index contributed by atoms with van der Waals surface area (Å²) in [6.45, 7) is 0. The van der Waals surface area contributed by atoms with Gasteiger partial charge in [-0.2, -0.15) is 0 Å². The molecule has 0 aromatic heterocycles. The maximum atomic E-state index is 8.06. The third-order valence-electron chi connectivity index (χ3n) is 0. The zero-order chi connectivity index (χ0) is 2.00. The van der Waals surface area contributed by atoms with Crippen molar-refractivity contribution in [1.29, 1.82) is 0 Å². The SMILES string of the molecule is [CaH2].[Ce].[La].[O]=[Mn]. The molecule has 0 unspecified atom stereocenters. The minimum absolute atomic E-state index is 0. The second kappa shape index (κ2) is 24.2. The van der Waals surface area contributed by atoms with Crippen LogP contribution in [0.25, 0.3) is 0 Å². The summed E-state index contributed by atoms with van der Waals surface area (Å²) >= 11 is 1.69. The molecule has 0 amide bonds. The van der Waals surface area contributed by atoms with E-state index in [-0.39, 0.29) is 115 Å². The van der Waals surface area contributed by atoms with Crippen LogP contribution in [-0.2, 0) is 19.8 Å². The van der Waals surface area contributed by atoms with Gasteiger partial charge in [-0.1, -0.05) is 0 Å². The van der Waals surface area contributed by atoms with Gasteiger partial charge in [0, 0.05) is 77.3 Å². The molecule has 5 heteroatoms. The van der Waals surface area contributed by atoms with Crippen molar-refractivity contribution in [2.24, 2.45) is 0 Å². The van der Waals surface area contributed by atoms with Crippen molar-refractivity contribution in [3.8, 4) is 0 Å². The third-order valence-corrected chi connectivity index (χ3v) is 0. The normalized spacial score (nSPS) is 0.800. The van der Waals surface area contributed by atoms with E-state index in [1.807, 2.05) is 0 Å². The van der Waals surface area contributed by atoms with Gasteiger partial charge in [0.2, 0.25) is 0 Å². The second-order valence-corrected chi connectivity index (χ2v) is 0. The Morgan fingerprint density at radius 3 is 1.20 bits per heavy atom. The van der Waals surface area contributed by atoms with Crippen LogP contribution in [0.1, 0.15) is 0 Å². The first kappa shape index (κ1) is 22.9. The molecule has 0 heterocycles. The number of rotatable bonds is 0. The first-order valence-electron chi connectivity index (χ1n) is 0.154. The average molecular weight is 392 g/mol. The zero-order valence-electron chi connectivity index (χ0n) is 1.86. The van der Waals surface area contributed by atoms with Gasteiger partial charge < -0.3 is 0 Å². The molecule has 5 heavy (non-hydrogen) atoms. The Morgan fingerprint density at radius 2 is 1.20 bits per heavy atom. The molecule has 0 aromatic rings. The number of hydrogen-bond donors (Lipinski definition) is 0. The third kappa shape index (κ3) is 17.9. The molecule has 24 valence electrons. The van der Waals surface area contributed by atoms with Gasteiger partial charge in [0.1, 0.15) is 0 Å². The van der Waals surface area contributed by atoms with E-state index in [4.69, 9.17) is 3.83 Å². The van der Waals surface area contributed by atoms with E-state index in [2.05, 4.69) is 0 Å². The van der Waals surface area contributed by atoms with Gasteiger partial charge in [-0.15, -0.1) is 0 Å². The molecule has 0 N–H and O–H groups in total. The molecule has 0 saturated carbocycles. The van der Waals surface area contributed by atoms with Crippen molar-refractivity contribution >= 4 is 37.7 Å². The Hall–Kier alpha value is 4.15. The predicted molar refractivity (Wildman–Crippen MR) is 9.23 cm³/mol. The molecular formula is H2CaCeLaMnO. The summed E-state index contributed by atoms with van der Waals surface area (Å²) in [5, 5.41) is 0. The van der Waals surface area contributed by atoms with Gasteiger partial charge in [0.25, 0.3) is 0 Å². The Balaban J connectivity index is -0.00000000167. The molecule has 0 rings (SSSR count). The van der Waals surface area contributed by atoms with Crippen molar-refractivity contribution < 1.29 is 97.1 Å². The van der Waals surface area contributed by atoms with E-state index < -0.39 is 0 Å². The molecule has 1 radical (unpaired) electrons. The molecule has 0 fully saturated rings. The Kier molecular flexibility index (Phi) is 111. The van der Waals surface area contributed by atoms with E-state index >= 15 is 0 Å². The fraction of sp³-hybridized carbons (Fsp3) is 0. The van der Waals surface area contributed by atoms with Crippen LogP contribution in [0.3, 0.4) is 0 Å². The van der Waals surface area contributed by atoms with Crippen molar-refractivity contribution in [3.63, 3.8) is 0 Å². The summed E-state index contributed by atoms with van der Waals surface area (Å²) in [4.78, 5) is 0. The van der Waals surface area contributed by atoms with E-state index in [1.165, 1.54) is 0 Å². The van der Waals surface area contributed by atoms with Crippen molar-refractivity contribution in [3.05, 3.63) is 0 Å². The van der Waals surface area contributed by atoms with E-state index in [1.54, 1.807) is 15.9 Å². The molecule has 0 aliphatic carbocycles. The quantitative estimate of drug-likeness (QED) is 0.482. The van der Waals surface area contributed by atoms with Crippen molar-refractivity contribution in [1.82, 2.24) is 0 Å². The van der Waals surface area contributed by atoms with Gasteiger partial charge in [-0.25, -0.2) is 0 Å². The standard InChI is InChI=1S/Ca.Ce.La.Mn.O.2H. The summed E-state index contributed by atoms with van der Waals surface area (Å²) in [7, 11) is 0. The molecular weight excluding hydrogens is 390 g/mol. The Bertz CT molecular complexity index is 11.6. The zero-order valence-corrected chi connectivity index (χ0v) is 9.81. The van der Waals surface area contributed by atoms with Crippen LogP contribution in [0.5, 0.6) is 0 Å². The van der Waals surface area contributed by atoms with Crippen molar-refractivity contribution in [2.75, 3.05) is 0 Å². The van der Waals surface area contributed by atoms with Gasteiger partial charge in [0.05, 0.1) is 0 Å². The van der Waals surface area contributed by atoms with Crippen LogP contribution >= 0.6 is 0 Å². The molecule has 0 spiro atoms. The van der Waals surface area contributed by atoms with Crippen LogP contribution in [0, 0.1) is 77.3 Å². The van der Waals surface area contributed by atoms with E-state index in [9.17, 15) is 0 Å². The van der Waals surface area contributed by atoms with Crippen LogP contribution in [0.15, 0.2) is 0 Å². The fourth-order valence-corrected chi connectivity index (χ4v) is 0. The summed E-state index contributed by atoms with van der Waals surface area (Å²) in [6, 6.07) is 0. The van der Waals surface area contributed by atoms with Gasteiger partial charge >= 0.3 is 57.5 Å². The average Bonchev–Trinajstić information content (AvgIpc) is 1.00. The molecule has 0 aromatic carbocycles. The van der Waals surface area contributed by atoms with Crippen molar-refractivity contribution in [2.45, 2.75) is 0 Å². The van der Waals surface area contributed by atoms with Gasteiger partial charge in [0.15, 0.2) is 0 Å². The van der Waals surface area contributed by atoms with Crippen LogP contribution in [-0.4, -0.2) is 37.7 Å². The van der Waals surface area contributed by atoms with E-state index in [0.29, 0.717) is 0 Å². The summed E-state index contributed by atoms with van der Waals surface area (Å²) in [6.07, 6.45) is 0. The van der Waals surface area contributed by atoms with E-state index in [0.717, 1.165) is 0 Å². The first-order chi connectivity index (χ1) is 1.00. The summed E-state index contributed by atoms with van der Waals surface area (Å²) in [5.41, 5.74) is 0. The molecule has 0 bridgehead atoms. The van der Waals surface area contributed by atoms with Gasteiger partial charge in [-0.05, 0) is 0 Å². The second-order valence-electron chi connectivity index (χ2n) is 0. The summed E-state index contributed by atoms with van der Waals surface area (Å²) in [5.74, 6) is 0. The molecule has 0 aliphatic heterocycles. The van der Waals surface area contributed by atoms with Crippen LogP contribution < -0.4 is 0 Å². The maximum absolute atomic E-state index is 8.06. The molecule has 0 atom stereocenters. The Morgan fingerprint density at radius 1 is 1.20 bits per heavy atom.